The van der Waals surface area contributed by atoms with Crippen LogP contribution in [0.1, 0.15) is 6.42 Å². The van der Waals surface area contributed by atoms with Gasteiger partial charge in [-0.25, -0.2) is 4.68 Å². The van der Waals surface area contributed by atoms with Crippen LogP contribution in [0.4, 0.5) is 5.69 Å². The summed E-state index contributed by atoms with van der Waals surface area (Å²) in [5, 5.41) is 7.40. The number of aromatic nitrogens is 2. The summed E-state index contributed by atoms with van der Waals surface area (Å²) < 4.78 is 11.5. The van der Waals surface area contributed by atoms with Crippen molar-refractivity contribution in [1.29, 1.82) is 0 Å². The molecule has 1 aromatic heterocycles. The second kappa shape index (κ2) is 6.88. The van der Waals surface area contributed by atoms with Crippen molar-refractivity contribution in [3.05, 3.63) is 21.6 Å². The average molecular weight is 288 g/mol. The zero-order valence-electron chi connectivity index (χ0n) is 10.9. The van der Waals surface area contributed by atoms with Gasteiger partial charge in [0, 0.05) is 26.2 Å². The topological polar surface area (TPSA) is 65.4 Å². The number of nitrogens with one attached hydrogen (secondary N) is 1. The van der Waals surface area contributed by atoms with Crippen LogP contribution in [-0.4, -0.2) is 43.3 Å². The molecule has 1 aromatic rings. The first-order valence-corrected chi connectivity index (χ1v) is 6.66. The molecule has 0 amide bonds. The Morgan fingerprint density at radius 1 is 1.68 bits per heavy atom. The van der Waals surface area contributed by atoms with Gasteiger partial charge in [0.2, 0.25) is 0 Å². The lowest BCUT2D eigenvalue weighted by atomic mass is 10.1. The SMILES string of the molecule is COCCn1ncc(NCC2CCOC2)c(Cl)c1=O. The molecule has 1 fully saturated rings. The molecule has 1 N–H and O–H groups in total. The van der Waals surface area contributed by atoms with Gasteiger partial charge >= 0.3 is 0 Å². The second-order valence-corrected chi connectivity index (χ2v) is 4.88. The van der Waals surface area contributed by atoms with Crippen molar-refractivity contribution in [3.8, 4) is 0 Å². The largest absolute Gasteiger partial charge is 0.383 e. The molecule has 0 aromatic carbocycles. The minimum Gasteiger partial charge on any atom is -0.383 e. The zero-order valence-corrected chi connectivity index (χ0v) is 11.7. The van der Waals surface area contributed by atoms with Gasteiger partial charge in [-0.1, -0.05) is 11.6 Å². The summed E-state index contributed by atoms with van der Waals surface area (Å²) in [5.41, 5.74) is 0.277. The smallest absolute Gasteiger partial charge is 0.287 e. The zero-order chi connectivity index (χ0) is 13.7. The molecule has 0 saturated carbocycles. The minimum absolute atomic E-state index is 0.171. The standard InChI is InChI=1S/C12H18ClN3O3/c1-18-5-3-16-12(17)11(13)10(7-15-16)14-6-9-2-4-19-8-9/h7,9,14H,2-6,8H2,1H3. The van der Waals surface area contributed by atoms with Gasteiger partial charge in [0.1, 0.15) is 5.02 Å². The Bertz CT molecular complexity index is 472. The first kappa shape index (κ1) is 14.3. The Morgan fingerprint density at radius 3 is 3.21 bits per heavy atom. The fourth-order valence-corrected chi connectivity index (χ4v) is 2.14. The first-order valence-electron chi connectivity index (χ1n) is 6.28. The van der Waals surface area contributed by atoms with E-state index in [-0.39, 0.29) is 10.6 Å². The van der Waals surface area contributed by atoms with Crippen LogP contribution in [0.15, 0.2) is 11.0 Å². The van der Waals surface area contributed by atoms with Crippen molar-refractivity contribution in [3.63, 3.8) is 0 Å². The van der Waals surface area contributed by atoms with E-state index >= 15 is 0 Å². The summed E-state index contributed by atoms with van der Waals surface area (Å²) in [6.45, 7) is 3.12. The second-order valence-electron chi connectivity index (χ2n) is 4.50. The summed E-state index contributed by atoms with van der Waals surface area (Å²) in [7, 11) is 1.58. The van der Waals surface area contributed by atoms with E-state index in [1.165, 1.54) is 4.68 Å². The molecular weight excluding hydrogens is 270 g/mol. The maximum Gasteiger partial charge on any atom is 0.287 e. The third kappa shape index (κ3) is 3.68. The van der Waals surface area contributed by atoms with Crippen molar-refractivity contribution < 1.29 is 9.47 Å². The Hall–Kier alpha value is -1.11. The number of methoxy groups -OCH3 is 1. The van der Waals surface area contributed by atoms with Crippen LogP contribution in [-0.2, 0) is 16.0 Å². The van der Waals surface area contributed by atoms with Crippen molar-refractivity contribution in [2.24, 2.45) is 5.92 Å². The van der Waals surface area contributed by atoms with Crippen molar-refractivity contribution in [1.82, 2.24) is 9.78 Å². The molecule has 19 heavy (non-hydrogen) atoms. The molecule has 1 saturated heterocycles. The average Bonchev–Trinajstić information content (AvgIpc) is 2.92. The van der Waals surface area contributed by atoms with E-state index in [4.69, 9.17) is 21.1 Å². The monoisotopic (exact) mass is 287 g/mol. The number of anilines is 1. The van der Waals surface area contributed by atoms with Crippen LogP contribution in [0, 0.1) is 5.92 Å². The maximum absolute atomic E-state index is 11.9. The number of halogens is 1. The van der Waals surface area contributed by atoms with Gasteiger partial charge in [-0.2, -0.15) is 5.10 Å². The molecular formula is C12H18ClN3O3. The van der Waals surface area contributed by atoms with Gasteiger partial charge in [0.15, 0.2) is 0 Å². The highest BCUT2D eigenvalue weighted by molar-refractivity contribution is 6.32. The van der Waals surface area contributed by atoms with E-state index in [2.05, 4.69) is 10.4 Å². The number of nitrogens with zero attached hydrogens (tertiary/aromatic N) is 2. The minimum atomic E-state index is -0.300. The highest BCUT2D eigenvalue weighted by atomic mass is 35.5. The molecule has 1 atom stereocenters. The molecule has 1 aliphatic heterocycles. The van der Waals surface area contributed by atoms with Crippen LogP contribution in [0.25, 0.3) is 0 Å². The van der Waals surface area contributed by atoms with Gasteiger partial charge in [0.05, 0.1) is 31.6 Å². The lowest BCUT2D eigenvalue weighted by Crippen LogP contribution is -2.26. The Balaban J connectivity index is 2.01. The predicted octanol–water partition coefficient (Wildman–Crippen LogP) is 0.991. The number of hydrogen-bond acceptors (Lipinski definition) is 5. The van der Waals surface area contributed by atoms with Crippen molar-refractivity contribution in [2.45, 2.75) is 13.0 Å². The van der Waals surface area contributed by atoms with E-state index in [0.29, 0.717) is 24.8 Å². The fraction of sp³-hybridized carbons (Fsp3) is 0.667. The van der Waals surface area contributed by atoms with Crippen molar-refractivity contribution in [2.75, 3.05) is 38.8 Å². The molecule has 0 bridgehead atoms. The first-order chi connectivity index (χ1) is 9.22. The van der Waals surface area contributed by atoms with E-state index < -0.39 is 0 Å². The molecule has 0 radical (unpaired) electrons. The summed E-state index contributed by atoms with van der Waals surface area (Å²) in [6.07, 6.45) is 2.61. The van der Waals surface area contributed by atoms with Crippen LogP contribution in [0.2, 0.25) is 5.02 Å². The van der Waals surface area contributed by atoms with Gasteiger partial charge in [0.25, 0.3) is 5.56 Å². The van der Waals surface area contributed by atoms with Crippen LogP contribution >= 0.6 is 11.6 Å². The fourth-order valence-electron chi connectivity index (χ4n) is 1.92. The van der Waals surface area contributed by atoms with Gasteiger partial charge in [-0.3, -0.25) is 4.79 Å². The third-order valence-corrected chi connectivity index (χ3v) is 3.46. The van der Waals surface area contributed by atoms with Crippen molar-refractivity contribution >= 4 is 17.3 Å². The van der Waals surface area contributed by atoms with E-state index in [1.54, 1.807) is 13.3 Å². The van der Waals surface area contributed by atoms with Gasteiger partial charge in [-0.05, 0) is 6.42 Å². The molecule has 1 aliphatic rings. The number of ether oxygens (including phenoxy) is 2. The molecule has 106 valence electrons. The maximum atomic E-state index is 11.9. The number of hydrogen-bond donors (Lipinski definition) is 1. The van der Waals surface area contributed by atoms with Crippen LogP contribution in [0.3, 0.4) is 0 Å². The summed E-state index contributed by atoms with van der Waals surface area (Å²) in [4.78, 5) is 11.9. The summed E-state index contributed by atoms with van der Waals surface area (Å²) in [5.74, 6) is 0.465. The van der Waals surface area contributed by atoms with Gasteiger partial charge < -0.3 is 14.8 Å². The van der Waals surface area contributed by atoms with Crippen LogP contribution in [0.5, 0.6) is 0 Å². The molecule has 7 heteroatoms. The highest BCUT2D eigenvalue weighted by Crippen LogP contribution is 2.18. The Kier molecular flexibility index (Phi) is 5.18. The van der Waals surface area contributed by atoms with E-state index in [1.807, 2.05) is 0 Å². The van der Waals surface area contributed by atoms with E-state index in [0.717, 1.165) is 26.2 Å². The normalized spacial score (nSPS) is 18.7. The molecule has 0 spiro atoms. The summed E-state index contributed by atoms with van der Waals surface area (Å²) in [6, 6.07) is 0. The predicted molar refractivity (Wildman–Crippen MR) is 72.8 cm³/mol. The third-order valence-electron chi connectivity index (χ3n) is 3.10. The summed E-state index contributed by atoms with van der Waals surface area (Å²) >= 11 is 6.05. The van der Waals surface area contributed by atoms with E-state index in [9.17, 15) is 4.79 Å². The Morgan fingerprint density at radius 2 is 2.53 bits per heavy atom. The molecule has 1 unspecified atom stereocenters. The molecule has 2 heterocycles. The molecule has 0 aliphatic carbocycles. The lowest BCUT2D eigenvalue weighted by molar-refractivity contribution is 0.182. The molecule has 6 nitrogen and oxygen atoms in total. The highest BCUT2D eigenvalue weighted by Gasteiger charge is 2.16. The Labute approximate surface area is 116 Å². The molecule has 2 rings (SSSR count). The lowest BCUT2D eigenvalue weighted by Gasteiger charge is -2.12. The van der Waals surface area contributed by atoms with Gasteiger partial charge in [-0.15, -0.1) is 0 Å². The van der Waals surface area contributed by atoms with Crippen LogP contribution < -0.4 is 10.9 Å². The number of rotatable bonds is 6. The quantitative estimate of drug-likeness (QED) is 0.845.